The van der Waals surface area contributed by atoms with E-state index >= 15 is 0 Å². The highest BCUT2D eigenvalue weighted by molar-refractivity contribution is 6.14. The van der Waals surface area contributed by atoms with Crippen molar-refractivity contribution in [2.24, 2.45) is 11.3 Å². The van der Waals surface area contributed by atoms with Crippen LogP contribution >= 0.6 is 0 Å². The largest absolute Gasteiger partial charge is 0.339 e. The maximum absolute atomic E-state index is 13.4. The van der Waals surface area contributed by atoms with Crippen LogP contribution in [0, 0.1) is 11.3 Å². The molecule has 2 fully saturated rings. The van der Waals surface area contributed by atoms with Gasteiger partial charge in [-0.05, 0) is 31.9 Å². The van der Waals surface area contributed by atoms with Gasteiger partial charge < -0.3 is 4.90 Å². The van der Waals surface area contributed by atoms with Crippen molar-refractivity contribution in [1.29, 1.82) is 0 Å². The Morgan fingerprint density at radius 3 is 1.84 bits per heavy atom. The van der Waals surface area contributed by atoms with Crippen LogP contribution in [-0.4, -0.2) is 29.2 Å². The summed E-state index contributed by atoms with van der Waals surface area (Å²) in [6.45, 7) is 6.26. The van der Waals surface area contributed by atoms with Crippen LogP contribution < -0.4 is 0 Å². The minimum absolute atomic E-state index is 0.00259. The standard InChI is InChI=1S/C22H23NO2/c1-15(2)23-14-19-21(16(3)24,20(23)25)22(19,17-10-6-4-7-11-17)18-12-8-5-9-13-18/h4-13,15,19H,14H2,1-3H3. The smallest absolute Gasteiger partial charge is 0.238 e. The highest BCUT2D eigenvalue weighted by Gasteiger charge is 2.87. The van der Waals surface area contributed by atoms with E-state index in [9.17, 15) is 9.59 Å². The van der Waals surface area contributed by atoms with Crippen molar-refractivity contribution < 1.29 is 9.59 Å². The SMILES string of the molecule is CC(=O)C12C(=O)N(C(C)C)CC1C2(c1ccccc1)c1ccccc1. The lowest BCUT2D eigenvalue weighted by Crippen LogP contribution is -2.45. The fraction of sp³-hybridized carbons (Fsp3) is 0.364. The van der Waals surface area contributed by atoms with Gasteiger partial charge in [-0.2, -0.15) is 0 Å². The van der Waals surface area contributed by atoms with Crippen molar-refractivity contribution in [2.45, 2.75) is 32.2 Å². The van der Waals surface area contributed by atoms with Gasteiger partial charge in [-0.1, -0.05) is 60.7 Å². The zero-order valence-corrected chi connectivity index (χ0v) is 14.9. The molecular weight excluding hydrogens is 310 g/mol. The number of carbonyl (C=O) groups excluding carboxylic acids is 2. The summed E-state index contributed by atoms with van der Waals surface area (Å²) in [5.74, 6) is -0.0248. The summed E-state index contributed by atoms with van der Waals surface area (Å²) < 4.78 is 0. The van der Waals surface area contributed by atoms with Crippen LogP contribution in [0.2, 0.25) is 0 Å². The van der Waals surface area contributed by atoms with Crippen molar-refractivity contribution in [3.05, 3.63) is 71.8 Å². The molecule has 2 atom stereocenters. The molecule has 3 heteroatoms. The van der Waals surface area contributed by atoms with Gasteiger partial charge in [0.05, 0.1) is 0 Å². The molecule has 0 radical (unpaired) electrons. The van der Waals surface area contributed by atoms with E-state index in [0.29, 0.717) is 6.54 Å². The number of likely N-dealkylation sites (tertiary alicyclic amines) is 1. The van der Waals surface area contributed by atoms with Gasteiger partial charge in [0.2, 0.25) is 5.91 Å². The van der Waals surface area contributed by atoms with E-state index in [4.69, 9.17) is 0 Å². The molecule has 128 valence electrons. The number of benzene rings is 2. The lowest BCUT2D eigenvalue weighted by molar-refractivity contribution is -0.141. The average molecular weight is 333 g/mol. The molecule has 25 heavy (non-hydrogen) atoms. The van der Waals surface area contributed by atoms with E-state index in [1.807, 2.05) is 55.1 Å². The predicted octanol–water partition coefficient (Wildman–Crippen LogP) is 3.43. The Balaban J connectivity index is 1.97. The molecule has 0 bridgehead atoms. The Hall–Kier alpha value is -2.42. The number of nitrogens with zero attached hydrogens (tertiary/aromatic N) is 1. The minimum Gasteiger partial charge on any atom is -0.339 e. The molecule has 2 aliphatic rings. The lowest BCUT2D eigenvalue weighted by Gasteiger charge is -2.32. The molecule has 3 nitrogen and oxygen atoms in total. The van der Waals surface area contributed by atoms with Gasteiger partial charge in [0.15, 0.2) is 0 Å². The van der Waals surface area contributed by atoms with Gasteiger partial charge in [0.25, 0.3) is 0 Å². The molecule has 1 heterocycles. The van der Waals surface area contributed by atoms with Gasteiger partial charge in [-0.3, -0.25) is 9.59 Å². The Labute approximate surface area is 148 Å². The monoisotopic (exact) mass is 333 g/mol. The summed E-state index contributed by atoms with van der Waals surface area (Å²) in [6, 6.07) is 20.3. The molecule has 1 saturated carbocycles. The van der Waals surface area contributed by atoms with E-state index in [-0.39, 0.29) is 23.7 Å². The van der Waals surface area contributed by atoms with E-state index < -0.39 is 10.8 Å². The first-order chi connectivity index (χ1) is 12.0. The molecule has 1 amide bonds. The highest BCUT2D eigenvalue weighted by atomic mass is 16.2. The molecule has 2 unspecified atom stereocenters. The first-order valence-corrected chi connectivity index (χ1v) is 8.92. The maximum atomic E-state index is 13.4. The summed E-state index contributed by atoms with van der Waals surface area (Å²) in [5.41, 5.74) is 0.639. The van der Waals surface area contributed by atoms with Crippen LogP contribution in [0.25, 0.3) is 0 Å². The zero-order chi connectivity index (χ0) is 17.8. The van der Waals surface area contributed by atoms with Crippen LogP contribution in [0.15, 0.2) is 60.7 Å². The van der Waals surface area contributed by atoms with E-state index in [0.717, 1.165) is 11.1 Å². The van der Waals surface area contributed by atoms with E-state index in [1.165, 1.54) is 0 Å². The van der Waals surface area contributed by atoms with E-state index in [2.05, 4.69) is 24.3 Å². The molecule has 1 aliphatic carbocycles. The zero-order valence-electron chi connectivity index (χ0n) is 14.9. The molecule has 0 aromatic heterocycles. The van der Waals surface area contributed by atoms with Gasteiger partial charge in [-0.15, -0.1) is 0 Å². The molecule has 2 aromatic rings. The highest BCUT2D eigenvalue weighted by Crippen LogP contribution is 2.76. The Kier molecular flexibility index (Phi) is 3.40. The van der Waals surface area contributed by atoms with Crippen molar-refractivity contribution in [2.75, 3.05) is 6.54 Å². The Morgan fingerprint density at radius 2 is 1.48 bits per heavy atom. The van der Waals surface area contributed by atoms with Crippen molar-refractivity contribution in [1.82, 2.24) is 4.90 Å². The number of ketones is 1. The summed E-state index contributed by atoms with van der Waals surface area (Å²) in [4.78, 5) is 28.2. The van der Waals surface area contributed by atoms with Gasteiger partial charge in [0, 0.05) is 23.9 Å². The third-order valence-corrected chi connectivity index (χ3v) is 6.20. The van der Waals surface area contributed by atoms with Crippen molar-refractivity contribution in [3.8, 4) is 0 Å². The number of piperidine rings is 1. The van der Waals surface area contributed by atoms with Gasteiger partial charge >= 0.3 is 0 Å². The average Bonchev–Trinajstić information content (AvgIpc) is 3.13. The number of carbonyl (C=O) groups is 2. The second-order valence-electron chi connectivity index (χ2n) is 7.51. The van der Waals surface area contributed by atoms with Crippen LogP contribution in [0.3, 0.4) is 0 Å². The second kappa shape index (κ2) is 5.29. The number of hydrogen-bond acceptors (Lipinski definition) is 2. The van der Waals surface area contributed by atoms with Crippen LogP contribution in [0.5, 0.6) is 0 Å². The maximum Gasteiger partial charge on any atom is 0.238 e. The molecule has 0 N–H and O–H groups in total. The van der Waals surface area contributed by atoms with Gasteiger partial charge in [-0.25, -0.2) is 0 Å². The third-order valence-electron chi connectivity index (χ3n) is 6.20. The van der Waals surface area contributed by atoms with Crippen LogP contribution in [0.4, 0.5) is 0 Å². The number of hydrogen-bond donors (Lipinski definition) is 0. The second-order valence-corrected chi connectivity index (χ2v) is 7.51. The number of fused-ring (bicyclic) bond motifs is 1. The first kappa shape index (κ1) is 16.1. The number of Topliss-reactive ketones (excluding diaryl/α,β-unsaturated/α-hetero) is 1. The quantitative estimate of drug-likeness (QED) is 0.804. The van der Waals surface area contributed by atoms with Crippen LogP contribution in [-0.2, 0) is 15.0 Å². The fourth-order valence-electron chi connectivity index (χ4n) is 5.19. The molecule has 2 aromatic carbocycles. The molecule has 0 spiro atoms. The van der Waals surface area contributed by atoms with Gasteiger partial charge in [0.1, 0.15) is 11.2 Å². The normalized spacial score (nSPS) is 26.6. The molecule has 4 rings (SSSR count). The summed E-state index contributed by atoms with van der Waals surface area (Å²) in [7, 11) is 0. The summed E-state index contributed by atoms with van der Waals surface area (Å²) in [5, 5.41) is 0. The number of amides is 1. The molecule has 1 aliphatic heterocycles. The number of rotatable bonds is 4. The lowest BCUT2D eigenvalue weighted by atomic mass is 9.77. The minimum atomic E-state index is -0.958. The van der Waals surface area contributed by atoms with E-state index in [1.54, 1.807) is 6.92 Å². The molecular formula is C22H23NO2. The Morgan fingerprint density at radius 1 is 1.00 bits per heavy atom. The third kappa shape index (κ3) is 1.76. The summed E-state index contributed by atoms with van der Waals surface area (Å²) >= 11 is 0. The summed E-state index contributed by atoms with van der Waals surface area (Å²) in [6.07, 6.45) is 0. The first-order valence-electron chi connectivity index (χ1n) is 8.92. The van der Waals surface area contributed by atoms with Crippen molar-refractivity contribution >= 4 is 11.7 Å². The Bertz CT molecular complexity index is 788. The van der Waals surface area contributed by atoms with Crippen molar-refractivity contribution in [3.63, 3.8) is 0 Å². The fourth-order valence-corrected chi connectivity index (χ4v) is 5.19. The topological polar surface area (TPSA) is 37.4 Å². The molecule has 1 saturated heterocycles. The van der Waals surface area contributed by atoms with Crippen LogP contribution in [0.1, 0.15) is 31.9 Å². The predicted molar refractivity (Wildman–Crippen MR) is 97.1 cm³/mol.